The van der Waals surface area contributed by atoms with Gasteiger partial charge in [-0.15, -0.1) is 0 Å². The lowest BCUT2D eigenvalue weighted by Crippen LogP contribution is -1.98. The van der Waals surface area contributed by atoms with Gasteiger partial charge < -0.3 is 4.57 Å². The summed E-state index contributed by atoms with van der Waals surface area (Å²) in [6.45, 7) is 4.27. The molecule has 0 amide bonds. The van der Waals surface area contributed by atoms with Gasteiger partial charge in [0.05, 0.1) is 0 Å². The number of nitrogens with zero attached hydrogens (tertiary/aromatic N) is 1. The van der Waals surface area contributed by atoms with Gasteiger partial charge in [0.2, 0.25) is 0 Å². The Morgan fingerprint density at radius 3 is 2.74 bits per heavy atom. The Labute approximate surface area is 115 Å². The Morgan fingerprint density at radius 1 is 1.21 bits per heavy atom. The summed E-state index contributed by atoms with van der Waals surface area (Å²) >= 11 is 0. The highest BCUT2D eigenvalue weighted by Gasteiger charge is 2.13. The van der Waals surface area contributed by atoms with Crippen molar-refractivity contribution in [1.29, 1.82) is 0 Å². The molecule has 102 valence electrons. The number of fused-ring (bicyclic) bond motifs is 1. The summed E-state index contributed by atoms with van der Waals surface area (Å²) in [6, 6.07) is 6.29. The Morgan fingerprint density at radius 2 is 2.00 bits per heavy atom. The molecule has 0 fully saturated rings. The second-order valence-corrected chi connectivity index (χ2v) is 5.41. The van der Waals surface area contributed by atoms with Gasteiger partial charge in [-0.3, -0.25) is 4.79 Å². The van der Waals surface area contributed by atoms with Crippen LogP contribution in [0.5, 0.6) is 0 Å². The van der Waals surface area contributed by atoms with E-state index in [4.69, 9.17) is 0 Å². The molecule has 1 aromatic carbocycles. The van der Waals surface area contributed by atoms with Gasteiger partial charge in [-0.05, 0) is 25.0 Å². The number of Topliss-reactive ketones (excluding diaryl/α,β-unsaturated/α-hetero) is 1. The SMILES string of the molecule is CCCCCCC(=O)c1cn(C)c2cc(C)ccc12. The standard InChI is InChI=1S/C17H23NO/c1-4-5-6-7-8-17(19)15-12-18(3)16-11-13(2)9-10-14(15)16/h9-12H,4-8H2,1-3H3. The first-order valence-electron chi connectivity index (χ1n) is 7.22. The maximum absolute atomic E-state index is 12.3. The molecule has 0 unspecified atom stereocenters. The molecule has 1 heterocycles. The average molecular weight is 257 g/mol. The molecule has 0 saturated heterocycles. The van der Waals surface area contributed by atoms with Gasteiger partial charge in [0.15, 0.2) is 5.78 Å². The van der Waals surface area contributed by atoms with E-state index in [0.29, 0.717) is 6.42 Å². The molecule has 19 heavy (non-hydrogen) atoms. The van der Waals surface area contributed by atoms with Gasteiger partial charge >= 0.3 is 0 Å². The predicted octanol–water partition coefficient (Wildman–Crippen LogP) is 4.64. The second kappa shape index (κ2) is 6.05. The van der Waals surface area contributed by atoms with Crippen LogP contribution in [0.1, 0.15) is 54.9 Å². The molecule has 0 aliphatic rings. The van der Waals surface area contributed by atoms with Crippen molar-refractivity contribution < 1.29 is 4.79 Å². The molecular weight excluding hydrogens is 234 g/mol. The Kier molecular flexibility index (Phi) is 4.41. The number of benzene rings is 1. The molecule has 0 N–H and O–H groups in total. The van der Waals surface area contributed by atoms with E-state index in [0.717, 1.165) is 29.3 Å². The first-order chi connectivity index (χ1) is 9.13. The minimum Gasteiger partial charge on any atom is -0.350 e. The quantitative estimate of drug-likeness (QED) is 0.546. The van der Waals surface area contributed by atoms with Crippen LogP contribution in [0.2, 0.25) is 0 Å². The molecule has 2 rings (SSSR count). The summed E-state index contributed by atoms with van der Waals surface area (Å²) in [7, 11) is 2.01. The highest BCUT2D eigenvalue weighted by Crippen LogP contribution is 2.23. The molecule has 0 bridgehead atoms. The van der Waals surface area contributed by atoms with Crippen LogP contribution in [-0.4, -0.2) is 10.4 Å². The van der Waals surface area contributed by atoms with Gasteiger partial charge in [0, 0.05) is 36.1 Å². The Hall–Kier alpha value is -1.57. The molecule has 0 spiro atoms. The number of carbonyl (C=O) groups excluding carboxylic acids is 1. The van der Waals surface area contributed by atoms with Gasteiger partial charge in [-0.1, -0.05) is 38.3 Å². The van der Waals surface area contributed by atoms with E-state index in [1.807, 2.05) is 13.2 Å². The van der Waals surface area contributed by atoms with Crippen LogP contribution in [-0.2, 0) is 7.05 Å². The fourth-order valence-electron chi connectivity index (χ4n) is 2.56. The number of aromatic nitrogens is 1. The minimum atomic E-state index is 0.283. The number of carbonyl (C=O) groups is 1. The van der Waals surface area contributed by atoms with E-state index < -0.39 is 0 Å². The molecule has 2 nitrogen and oxygen atoms in total. The van der Waals surface area contributed by atoms with E-state index in [9.17, 15) is 4.79 Å². The van der Waals surface area contributed by atoms with E-state index in [1.165, 1.54) is 18.4 Å². The number of ketones is 1. The first kappa shape index (κ1) is 13.9. The minimum absolute atomic E-state index is 0.283. The van der Waals surface area contributed by atoms with Gasteiger partial charge in [-0.2, -0.15) is 0 Å². The summed E-state index contributed by atoms with van der Waals surface area (Å²) < 4.78 is 2.06. The van der Waals surface area contributed by atoms with Crippen molar-refractivity contribution in [1.82, 2.24) is 4.57 Å². The van der Waals surface area contributed by atoms with Gasteiger partial charge in [-0.25, -0.2) is 0 Å². The van der Waals surface area contributed by atoms with Crippen LogP contribution in [0.3, 0.4) is 0 Å². The summed E-state index contributed by atoms with van der Waals surface area (Å²) in [6.07, 6.45) is 7.25. The van der Waals surface area contributed by atoms with Crippen molar-refractivity contribution in [2.45, 2.75) is 46.0 Å². The Bertz CT molecular complexity index is 580. The number of hydrogen-bond donors (Lipinski definition) is 0. The molecule has 0 saturated carbocycles. The monoisotopic (exact) mass is 257 g/mol. The zero-order valence-corrected chi connectivity index (χ0v) is 12.2. The number of hydrogen-bond acceptors (Lipinski definition) is 1. The van der Waals surface area contributed by atoms with Crippen molar-refractivity contribution in [2.24, 2.45) is 7.05 Å². The molecule has 2 aromatic rings. The van der Waals surface area contributed by atoms with Crippen LogP contribution in [0.15, 0.2) is 24.4 Å². The van der Waals surface area contributed by atoms with Crippen LogP contribution in [0, 0.1) is 6.92 Å². The van der Waals surface area contributed by atoms with Gasteiger partial charge in [0.1, 0.15) is 0 Å². The van der Waals surface area contributed by atoms with Crippen LogP contribution >= 0.6 is 0 Å². The molecule has 0 radical (unpaired) electrons. The highest BCUT2D eigenvalue weighted by atomic mass is 16.1. The second-order valence-electron chi connectivity index (χ2n) is 5.41. The lowest BCUT2D eigenvalue weighted by atomic mass is 10.0. The molecule has 0 atom stereocenters. The fourth-order valence-corrected chi connectivity index (χ4v) is 2.56. The van der Waals surface area contributed by atoms with Crippen molar-refractivity contribution in [2.75, 3.05) is 0 Å². The smallest absolute Gasteiger partial charge is 0.165 e. The zero-order chi connectivity index (χ0) is 13.8. The molecule has 0 aliphatic carbocycles. The Balaban J connectivity index is 2.18. The summed E-state index contributed by atoms with van der Waals surface area (Å²) in [5.74, 6) is 0.283. The number of aryl methyl sites for hydroxylation is 2. The number of unbranched alkanes of at least 4 members (excludes halogenated alkanes) is 3. The average Bonchev–Trinajstić information content (AvgIpc) is 2.72. The van der Waals surface area contributed by atoms with Crippen molar-refractivity contribution >= 4 is 16.7 Å². The number of rotatable bonds is 6. The summed E-state index contributed by atoms with van der Waals surface area (Å²) in [5.41, 5.74) is 3.27. The zero-order valence-electron chi connectivity index (χ0n) is 12.2. The largest absolute Gasteiger partial charge is 0.350 e. The topological polar surface area (TPSA) is 22.0 Å². The van der Waals surface area contributed by atoms with Crippen LogP contribution in [0.4, 0.5) is 0 Å². The van der Waals surface area contributed by atoms with Crippen LogP contribution in [0.25, 0.3) is 10.9 Å². The summed E-state index contributed by atoms with van der Waals surface area (Å²) in [5, 5.41) is 1.09. The lowest BCUT2D eigenvalue weighted by Gasteiger charge is -2.00. The van der Waals surface area contributed by atoms with Gasteiger partial charge in [0.25, 0.3) is 0 Å². The summed E-state index contributed by atoms with van der Waals surface area (Å²) in [4.78, 5) is 12.3. The first-order valence-corrected chi connectivity index (χ1v) is 7.22. The molecule has 2 heteroatoms. The van der Waals surface area contributed by atoms with Crippen molar-refractivity contribution in [3.8, 4) is 0 Å². The fraction of sp³-hybridized carbons (Fsp3) is 0.471. The third-order valence-electron chi connectivity index (χ3n) is 3.70. The maximum atomic E-state index is 12.3. The third kappa shape index (κ3) is 3.06. The molecule has 1 aromatic heterocycles. The van der Waals surface area contributed by atoms with Crippen molar-refractivity contribution in [3.63, 3.8) is 0 Å². The molecular formula is C17H23NO. The van der Waals surface area contributed by atoms with E-state index >= 15 is 0 Å². The van der Waals surface area contributed by atoms with Crippen molar-refractivity contribution in [3.05, 3.63) is 35.5 Å². The predicted molar refractivity (Wildman–Crippen MR) is 80.7 cm³/mol. The highest BCUT2D eigenvalue weighted by molar-refractivity contribution is 6.08. The molecule has 0 aliphatic heterocycles. The van der Waals surface area contributed by atoms with E-state index in [2.05, 4.69) is 36.6 Å². The lowest BCUT2D eigenvalue weighted by molar-refractivity contribution is 0.0980. The van der Waals surface area contributed by atoms with E-state index in [1.54, 1.807) is 0 Å². The van der Waals surface area contributed by atoms with E-state index in [-0.39, 0.29) is 5.78 Å². The maximum Gasteiger partial charge on any atom is 0.165 e. The third-order valence-corrected chi connectivity index (χ3v) is 3.70. The normalized spacial score (nSPS) is 11.1. The van der Waals surface area contributed by atoms with Crippen LogP contribution < -0.4 is 0 Å².